The van der Waals surface area contributed by atoms with Gasteiger partial charge in [-0.2, -0.15) is 0 Å². The minimum Gasteiger partial charge on any atom is -0.486 e. The maximum Gasteiger partial charge on any atom is 0.172 e. The van der Waals surface area contributed by atoms with E-state index in [1.165, 1.54) is 5.39 Å². The highest BCUT2D eigenvalue weighted by molar-refractivity contribution is 5.84. The molecule has 2 aromatic rings. The fourth-order valence-electron chi connectivity index (χ4n) is 1.58. The molecule has 0 atom stereocenters. The summed E-state index contributed by atoms with van der Waals surface area (Å²) in [7, 11) is 0. The van der Waals surface area contributed by atoms with Gasteiger partial charge in [0.05, 0.1) is 0 Å². The minimum absolute atomic E-state index is 0.0236. The minimum atomic E-state index is 0.0236. The Balaban J connectivity index is 2.12. The summed E-state index contributed by atoms with van der Waals surface area (Å²) in [5.74, 6) is 0.895. The molecule has 0 bridgehead atoms. The molecule has 2 aromatic carbocycles. The van der Waals surface area contributed by atoms with Gasteiger partial charge in [0.2, 0.25) is 0 Å². The fourth-order valence-corrected chi connectivity index (χ4v) is 1.58. The number of carbonyl (C=O) groups excluding carboxylic acids is 1. The van der Waals surface area contributed by atoms with Crippen molar-refractivity contribution in [3.63, 3.8) is 0 Å². The Hall–Kier alpha value is -1.83. The standard InChI is InChI=1S/C15H16O2/c1-11(2)15(16)10-17-14-8-7-12-5-3-4-6-13(12)9-14/h3-9,11H,10H2,1-2H3. The predicted molar refractivity (Wildman–Crippen MR) is 69.3 cm³/mol. The molecule has 0 radical (unpaired) electrons. The van der Waals surface area contributed by atoms with Crippen LogP contribution in [0.25, 0.3) is 10.8 Å². The molecule has 17 heavy (non-hydrogen) atoms. The van der Waals surface area contributed by atoms with Gasteiger partial charge in [-0.05, 0) is 22.9 Å². The highest BCUT2D eigenvalue weighted by Crippen LogP contribution is 2.20. The maximum atomic E-state index is 11.5. The number of carbonyl (C=O) groups is 1. The maximum absolute atomic E-state index is 11.5. The van der Waals surface area contributed by atoms with Crippen molar-refractivity contribution >= 4 is 16.6 Å². The van der Waals surface area contributed by atoms with Gasteiger partial charge in [-0.1, -0.05) is 44.2 Å². The van der Waals surface area contributed by atoms with E-state index >= 15 is 0 Å². The summed E-state index contributed by atoms with van der Waals surface area (Å²) in [5, 5.41) is 2.30. The Morgan fingerprint density at radius 3 is 2.53 bits per heavy atom. The molecule has 2 heteroatoms. The molecule has 0 saturated carbocycles. The number of fused-ring (bicyclic) bond motifs is 1. The van der Waals surface area contributed by atoms with E-state index in [1.54, 1.807) is 0 Å². The molecule has 0 aromatic heterocycles. The van der Waals surface area contributed by atoms with Crippen LogP contribution in [0.4, 0.5) is 0 Å². The van der Waals surface area contributed by atoms with E-state index < -0.39 is 0 Å². The molecule has 0 unspecified atom stereocenters. The summed E-state index contributed by atoms with van der Waals surface area (Å²) in [6.07, 6.45) is 0. The zero-order valence-electron chi connectivity index (χ0n) is 10.1. The van der Waals surface area contributed by atoms with Gasteiger partial charge in [-0.25, -0.2) is 0 Å². The van der Waals surface area contributed by atoms with Gasteiger partial charge >= 0.3 is 0 Å². The van der Waals surface area contributed by atoms with Crippen molar-refractivity contribution in [2.75, 3.05) is 6.61 Å². The van der Waals surface area contributed by atoms with Crippen LogP contribution in [0.15, 0.2) is 42.5 Å². The van der Waals surface area contributed by atoms with Crippen LogP contribution in [-0.4, -0.2) is 12.4 Å². The fraction of sp³-hybridized carbons (Fsp3) is 0.267. The largest absolute Gasteiger partial charge is 0.486 e. The second-order valence-corrected chi connectivity index (χ2v) is 4.42. The Morgan fingerprint density at radius 2 is 1.82 bits per heavy atom. The molecule has 2 rings (SSSR count). The molecule has 0 aliphatic heterocycles. The first-order valence-corrected chi connectivity index (χ1v) is 5.81. The van der Waals surface area contributed by atoms with Crippen LogP contribution in [0, 0.1) is 5.92 Å². The van der Waals surface area contributed by atoms with Crippen LogP contribution in [0.1, 0.15) is 13.8 Å². The number of ether oxygens (including phenoxy) is 1. The average Bonchev–Trinajstić information content (AvgIpc) is 2.35. The third-order valence-electron chi connectivity index (χ3n) is 2.75. The zero-order chi connectivity index (χ0) is 12.3. The zero-order valence-corrected chi connectivity index (χ0v) is 10.1. The van der Waals surface area contributed by atoms with Crippen molar-refractivity contribution in [1.82, 2.24) is 0 Å². The molecule has 0 fully saturated rings. The van der Waals surface area contributed by atoms with Crippen LogP contribution in [0.2, 0.25) is 0 Å². The Labute approximate surface area is 101 Å². The summed E-state index contributed by atoms with van der Waals surface area (Å²) in [5.41, 5.74) is 0. The van der Waals surface area contributed by atoms with Crippen molar-refractivity contribution in [2.45, 2.75) is 13.8 Å². The normalized spacial score (nSPS) is 10.8. The Kier molecular flexibility index (Phi) is 3.43. The summed E-state index contributed by atoms with van der Waals surface area (Å²) in [4.78, 5) is 11.5. The number of benzene rings is 2. The SMILES string of the molecule is CC(C)C(=O)COc1ccc2ccccc2c1. The molecule has 88 valence electrons. The van der Waals surface area contributed by atoms with Crippen LogP contribution >= 0.6 is 0 Å². The van der Waals surface area contributed by atoms with E-state index in [0.717, 1.165) is 11.1 Å². The number of rotatable bonds is 4. The van der Waals surface area contributed by atoms with Crippen LogP contribution < -0.4 is 4.74 Å². The highest BCUT2D eigenvalue weighted by Gasteiger charge is 2.07. The predicted octanol–water partition coefficient (Wildman–Crippen LogP) is 3.44. The monoisotopic (exact) mass is 228 g/mol. The van der Waals surface area contributed by atoms with E-state index in [9.17, 15) is 4.79 Å². The highest BCUT2D eigenvalue weighted by atomic mass is 16.5. The third kappa shape index (κ3) is 2.84. The number of hydrogen-bond acceptors (Lipinski definition) is 2. The molecule has 2 nitrogen and oxygen atoms in total. The van der Waals surface area contributed by atoms with E-state index in [0.29, 0.717) is 0 Å². The topological polar surface area (TPSA) is 26.3 Å². The summed E-state index contributed by atoms with van der Waals surface area (Å²) >= 11 is 0. The van der Waals surface area contributed by atoms with Gasteiger partial charge in [0.1, 0.15) is 12.4 Å². The lowest BCUT2D eigenvalue weighted by Crippen LogP contribution is -2.16. The third-order valence-corrected chi connectivity index (χ3v) is 2.75. The average molecular weight is 228 g/mol. The molecular formula is C15H16O2. The summed E-state index contributed by atoms with van der Waals surface area (Å²) in [6.45, 7) is 3.91. The van der Waals surface area contributed by atoms with E-state index in [1.807, 2.05) is 50.2 Å². The lowest BCUT2D eigenvalue weighted by Gasteiger charge is -2.08. The van der Waals surface area contributed by atoms with E-state index in [-0.39, 0.29) is 18.3 Å². The molecule has 0 saturated heterocycles. The van der Waals surface area contributed by atoms with Gasteiger partial charge in [-0.15, -0.1) is 0 Å². The van der Waals surface area contributed by atoms with Gasteiger partial charge in [0.15, 0.2) is 5.78 Å². The van der Waals surface area contributed by atoms with Gasteiger partial charge in [-0.3, -0.25) is 4.79 Å². The first kappa shape index (κ1) is 11.6. The molecule has 0 N–H and O–H groups in total. The van der Waals surface area contributed by atoms with Crippen LogP contribution in [0.3, 0.4) is 0 Å². The molecule has 0 spiro atoms. The van der Waals surface area contributed by atoms with Crippen molar-refractivity contribution in [3.8, 4) is 5.75 Å². The molecular weight excluding hydrogens is 212 g/mol. The van der Waals surface area contributed by atoms with E-state index in [2.05, 4.69) is 6.07 Å². The van der Waals surface area contributed by atoms with E-state index in [4.69, 9.17) is 4.74 Å². The van der Waals surface area contributed by atoms with Gasteiger partial charge < -0.3 is 4.74 Å². The molecule has 0 heterocycles. The molecule has 0 aliphatic rings. The molecule has 0 amide bonds. The summed E-state index contributed by atoms with van der Waals surface area (Å²) in [6, 6.07) is 13.9. The number of Topliss-reactive ketones (excluding diaryl/α,β-unsaturated/α-hetero) is 1. The first-order chi connectivity index (χ1) is 8.16. The Morgan fingerprint density at radius 1 is 1.12 bits per heavy atom. The van der Waals surface area contributed by atoms with Crippen molar-refractivity contribution in [1.29, 1.82) is 0 Å². The van der Waals surface area contributed by atoms with Gasteiger partial charge in [0, 0.05) is 5.92 Å². The lowest BCUT2D eigenvalue weighted by atomic mass is 10.1. The van der Waals surface area contributed by atoms with Crippen molar-refractivity contribution < 1.29 is 9.53 Å². The number of ketones is 1. The second-order valence-electron chi connectivity index (χ2n) is 4.42. The quantitative estimate of drug-likeness (QED) is 0.801. The van der Waals surface area contributed by atoms with Gasteiger partial charge in [0.25, 0.3) is 0 Å². The Bertz CT molecular complexity index is 529. The van der Waals surface area contributed by atoms with Crippen LogP contribution in [-0.2, 0) is 4.79 Å². The van der Waals surface area contributed by atoms with Crippen molar-refractivity contribution in [2.24, 2.45) is 5.92 Å². The molecule has 0 aliphatic carbocycles. The lowest BCUT2D eigenvalue weighted by molar-refractivity contribution is -0.123. The van der Waals surface area contributed by atoms with Crippen molar-refractivity contribution in [3.05, 3.63) is 42.5 Å². The summed E-state index contributed by atoms with van der Waals surface area (Å²) < 4.78 is 5.49. The first-order valence-electron chi connectivity index (χ1n) is 5.81. The van der Waals surface area contributed by atoms with Crippen LogP contribution in [0.5, 0.6) is 5.75 Å². The smallest absolute Gasteiger partial charge is 0.172 e. The second kappa shape index (κ2) is 5.00. The number of hydrogen-bond donors (Lipinski definition) is 0.